The second kappa shape index (κ2) is 10.8. The number of amides is 1. The van der Waals surface area contributed by atoms with Crippen molar-refractivity contribution in [3.63, 3.8) is 0 Å². The molecule has 0 aliphatic carbocycles. The Morgan fingerprint density at radius 3 is 2.47 bits per heavy atom. The third-order valence-electron chi connectivity index (χ3n) is 4.89. The van der Waals surface area contributed by atoms with Gasteiger partial charge in [0.1, 0.15) is 5.75 Å². The van der Waals surface area contributed by atoms with Gasteiger partial charge in [-0.15, -0.1) is 0 Å². The van der Waals surface area contributed by atoms with Gasteiger partial charge >= 0.3 is 5.69 Å². The van der Waals surface area contributed by atoms with Crippen LogP contribution >= 0.6 is 0 Å². The first kappa shape index (κ1) is 25.4. The number of carbonyl (C=O) groups is 1. The zero-order valence-corrected chi connectivity index (χ0v) is 20.0. The van der Waals surface area contributed by atoms with Gasteiger partial charge in [-0.3, -0.25) is 14.9 Å². The van der Waals surface area contributed by atoms with E-state index in [1.54, 1.807) is 20.8 Å². The third kappa shape index (κ3) is 5.82. The summed E-state index contributed by atoms with van der Waals surface area (Å²) in [6, 6.07) is 8.07. The predicted octanol–water partition coefficient (Wildman–Crippen LogP) is 3.05. The number of anilines is 1. The molecule has 1 aliphatic rings. The summed E-state index contributed by atoms with van der Waals surface area (Å²) in [5.74, 6) is -0.350. The summed E-state index contributed by atoms with van der Waals surface area (Å²) in [6.45, 7) is 6.56. The molecule has 0 bridgehead atoms. The molecule has 11 nitrogen and oxygen atoms in total. The summed E-state index contributed by atoms with van der Waals surface area (Å²) in [7, 11) is -3.82. The number of nitrogens with one attached hydrogen (secondary N) is 1. The number of nitrogens with zero attached hydrogens (tertiary/aromatic N) is 2. The highest BCUT2D eigenvalue weighted by Gasteiger charge is 2.28. The number of carbonyl (C=O) groups excluding carboxylic acids is 1. The molecule has 2 aromatic rings. The molecular weight excluding hydrogens is 466 g/mol. The van der Waals surface area contributed by atoms with Crippen LogP contribution in [0.15, 0.2) is 41.3 Å². The summed E-state index contributed by atoms with van der Waals surface area (Å²) < 4.78 is 43.7. The van der Waals surface area contributed by atoms with Crippen LogP contribution in [0.2, 0.25) is 0 Å². The van der Waals surface area contributed by atoms with Gasteiger partial charge in [0.15, 0.2) is 5.75 Å². The van der Waals surface area contributed by atoms with Gasteiger partial charge in [0.2, 0.25) is 10.0 Å². The van der Waals surface area contributed by atoms with Crippen molar-refractivity contribution in [2.45, 2.75) is 31.8 Å². The van der Waals surface area contributed by atoms with E-state index >= 15 is 0 Å². The molecule has 12 heteroatoms. The Kier molecular flexibility index (Phi) is 8.07. The van der Waals surface area contributed by atoms with E-state index < -0.39 is 20.9 Å². The molecule has 1 fully saturated rings. The first-order valence-electron chi connectivity index (χ1n) is 10.7. The average Bonchev–Trinajstić information content (AvgIpc) is 2.80. The first-order chi connectivity index (χ1) is 16.1. The molecule has 0 aromatic heterocycles. The van der Waals surface area contributed by atoms with E-state index in [1.165, 1.54) is 34.6 Å². The zero-order chi connectivity index (χ0) is 24.9. The SMILES string of the molecule is CCOc1ccc(C(=O)Nc2cc(S(=O)(=O)N3CCOCC3)ccc2OC(C)C)cc1[N+](=O)[O-]. The van der Waals surface area contributed by atoms with Crippen LogP contribution < -0.4 is 14.8 Å². The lowest BCUT2D eigenvalue weighted by Gasteiger charge is -2.26. The molecule has 0 radical (unpaired) electrons. The maximum atomic E-state index is 13.1. The molecule has 2 aromatic carbocycles. The Morgan fingerprint density at radius 1 is 1.18 bits per heavy atom. The van der Waals surface area contributed by atoms with Crippen molar-refractivity contribution in [1.82, 2.24) is 4.31 Å². The lowest BCUT2D eigenvalue weighted by molar-refractivity contribution is -0.385. The molecule has 0 spiro atoms. The van der Waals surface area contributed by atoms with Gasteiger partial charge in [0.05, 0.1) is 41.4 Å². The molecule has 1 heterocycles. The Morgan fingerprint density at radius 2 is 1.85 bits per heavy atom. The fraction of sp³-hybridized carbons (Fsp3) is 0.409. The van der Waals surface area contributed by atoms with Crippen molar-refractivity contribution in [2.75, 3.05) is 38.2 Å². The van der Waals surface area contributed by atoms with E-state index in [1.807, 2.05) is 0 Å². The van der Waals surface area contributed by atoms with E-state index in [9.17, 15) is 23.3 Å². The monoisotopic (exact) mass is 493 g/mol. The second-order valence-electron chi connectivity index (χ2n) is 7.67. The minimum Gasteiger partial charge on any atom is -0.489 e. The van der Waals surface area contributed by atoms with E-state index in [-0.39, 0.29) is 59.1 Å². The van der Waals surface area contributed by atoms with Crippen LogP contribution in [-0.2, 0) is 14.8 Å². The minimum atomic E-state index is -3.82. The Bertz CT molecular complexity index is 1160. The molecule has 1 saturated heterocycles. The predicted molar refractivity (Wildman–Crippen MR) is 124 cm³/mol. The number of morpholine rings is 1. The number of nitro groups is 1. The molecule has 34 heavy (non-hydrogen) atoms. The average molecular weight is 494 g/mol. The highest BCUT2D eigenvalue weighted by Crippen LogP contribution is 2.32. The van der Waals surface area contributed by atoms with Gasteiger partial charge in [0.25, 0.3) is 5.91 Å². The van der Waals surface area contributed by atoms with Crippen molar-refractivity contribution in [1.29, 1.82) is 0 Å². The molecule has 184 valence electrons. The molecule has 0 atom stereocenters. The Hall–Kier alpha value is -3.22. The van der Waals surface area contributed by atoms with Crippen LogP contribution in [0.5, 0.6) is 11.5 Å². The fourth-order valence-corrected chi connectivity index (χ4v) is 4.77. The van der Waals surface area contributed by atoms with Gasteiger partial charge in [-0.2, -0.15) is 4.31 Å². The maximum absolute atomic E-state index is 13.1. The van der Waals surface area contributed by atoms with Crippen molar-refractivity contribution < 1.29 is 32.3 Å². The maximum Gasteiger partial charge on any atom is 0.311 e. The topological polar surface area (TPSA) is 137 Å². The number of hydrogen-bond acceptors (Lipinski definition) is 8. The van der Waals surface area contributed by atoms with Crippen molar-refractivity contribution in [2.24, 2.45) is 0 Å². The minimum absolute atomic E-state index is 0.00656. The second-order valence-corrected chi connectivity index (χ2v) is 9.61. The summed E-state index contributed by atoms with van der Waals surface area (Å²) in [5, 5.41) is 14.0. The molecule has 0 saturated carbocycles. The molecule has 0 unspecified atom stereocenters. The Balaban J connectivity index is 1.95. The van der Waals surface area contributed by atoms with Gasteiger partial charge in [-0.05, 0) is 51.1 Å². The summed E-state index contributed by atoms with van der Waals surface area (Å²) in [4.78, 5) is 23.7. The zero-order valence-electron chi connectivity index (χ0n) is 19.1. The molecule has 1 amide bonds. The highest BCUT2D eigenvalue weighted by atomic mass is 32.2. The molecular formula is C22H27N3O8S. The van der Waals surface area contributed by atoms with Crippen molar-refractivity contribution in [3.05, 3.63) is 52.1 Å². The lowest BCUT2D eigenvalue weighted by atomic mass is 10.1. The molecule has 3 rings (SSSR count). The van der Waals surface area contributed by atoms with Crippen molar-refractivity contribution >= 4 is 27.3 Å². The smallest absolute Gasteiger partial charge is 0.311 e. The van der Waals surface area contributed by atoms with Gasteiger partial charge < -0.3 is 19.5 Å². The summed E-state index contributed by atoms with van der Waals surface area (Å²) in [6.07, 6.45) is -0.246. The van der Waals surface area contributed by atoms with Crippen LogP contribution in [0, 0.1) is 10.1 Å². The first-order valence-corrected chi connectivity index (χ1v) is 12.2. The van der Waals surface area contributed by atoms with Crippen LogP contribution in [0.1, 0.15) is 31.1 Å². The van der Waals surface area contributed by atoms with Crippen molar-refractivity contribution in [3.8, 4) is 11.5 Å². The van der Waals surface area contributed by atoms with Gasteiger partial charge in [0, 0.05) is 24.7 Å². The van der Waals surface area contributed by atoms with Gasteiger partial charge in [-0.25, -0.2) is 8.42 Å². The van der Waals surface area contributed by atoms with Crippen LogP contribution in [0.3, 0.4) is 0 Å². The largest absolute Gasteiger partial charge is 0.489 e. The number of nitro benzene ring substituents is 1. The third-order valence-corrected chi connectivity index (χ3v) is 6.78. The Labute approximate surface area is 197 Å². The van der Waals surface area contributed by atoms with Gasteiger partial charge in [-0.1, -0.05) is 0 Å². The lowest BCUT2D eigenvalue weighted by Crippen LogP contribution is -2.40. The van der Waals surface area contributed by atoms with Crippen LogP contribution in [-0.4, -0.2) is 62.6 Å². The van der Waals surface area contributed by atoms with E-state index in [4.69, 9.17) is 14.2 Å². The molecule has 1 aliphatic heterocycles. The number of sulfonamides is 1. The number of rotatable bonds is 9. The fourth-order valence-electron chi connectivity index (χ4n) is 3.33. The number of hydrogen-bond donors (Lipinski definition) is 1. The van der Waals surface area contributed by atoms with Crippen LogP contribution in [0.25, 0.3) is 0 Å². The number of ether oxygens (including phenoxy) is 3. The normalized spacial score (nSPS) is 14.6. The van der Waals surface area contributed by atoms with E-state index in [0.717, 1.165) is 6.07 Å². The summed E-state index contributed by atoms with van der Waals surface area (Å²) in [5.41, 5.74) is -0.214. The number of benzene rings is 2. The van der Waals surface area contributed by atoms with E-state index in [0.29, 0.717) is 13.2 Å². The summed E-state index contributed by atoms with van der Waals surface area (Å²) >= 11 is 0. The van der Waals surface area contributed by atoms with E-state index in [2.05, 4.69) is 5.32 Å². The molecule has 1 N–H and O–H groups in total. The highest BCUT2D eigenvalue weighted by molar-refractivity contribution is 7.89. The van der Waals surface area contributed by atoms with Crippen LogP contribution in [0.4, 0.5) is 11.4 Å². The quantitative estimate of drug-likeness (QED) is 0.416. The standard InChI is InChI=1S/C22H27N3O8S/c1-4-32-21-7-5-16(13-19(21)25(27)28)22(26)23-18-14-17(6-8-20(18)33-15(2)3)34(29,30)24-9-11-31-12-10-24/h5-8,13-15H,4,9-12H2,1-3H3,(H,23,26).